The lowest BCUT2D eigenvalue weighted by Crippen LogP contribution is -2.43. The van der Waals surface area contributed by atoms with Crippen molar-refractivity contribution in [2.75, 3.05) is 56.2 Å². The molecule has 2 aliphatic heterocycles. The van der Waals surface area contributed by atoms with Crippen LogP contribution in [0.15, 0.2) is 36.5 Å². The van der Waals surface area contributed by atoms with Gasteiger partial charge in [-0.3, -0.25) is 4.90 Å². The number of piperidine rings is 1. The van der Waals surface area contributed by atoms with Crippen molar-refractivity contribution >= 4 is 11.8 Å². The summed E-state index contributed by atoms with van der Waals surface area (Å²) >= 11 is 0. The highest BCUT2D eigenvalue weighted by Crippen LogP contribution is 2.23. The summed E-state index contributed by atoms with van der Waals surface area (Å²) in [6.45, 7) is 8.75. The van der Waals surface area contributed by atoms with Crippen molar-refractivity contribution in [2.45, 2.75) is 32.4 Å². The van der Waals surface area contributed by atoms with Gasteiger partial charge in [-0.1, -0.05) is 24.3 Å². The Kier molecular flexibility index (Phi) is 6.07. The number of aryl methyl sites for hydroxylation is 1. The predicted octanol–water partition coefficient (Wildman–Crippen LogP) is 2.72. The van der Waals surface area contributed by atoms with E-state index in [2.05, 4.69) is 57.9 Å². The quantitative estimate of drug-likeness (QED) is 0.794. The zero-order chi connectivity index (χ0) is 19.3. The number of hydrogen-bond donors (Lipinski definition) is 0. The van der Waals surface area contributed by atoms with Crippen LogP contribution in [0, 0.1) is 6.92 Å². The van der Waals surface area contributed by atoms with E-state index in [0.717, 1.165) is 57.7 Å². The average Bonchev–Trinajstić information content (AvgIpc) is 2.76. The molecule has 0 radical (unpaired) electrons. The van der Waals surface area contributed by atoms with Gasteiger partial charge in [0, 0.05) is 52.0 Å². The summed E-state index contributed by atoms with van der Waals surface area (Å²) in [7, 11) is 2.17. The third kappa shape index (κ3) is 4.45. The fraction of sp³-hybridized carbons (Fsp3) is 0.545. The largest absolute Gasteiger partial charge is 0.378 e. The molecule has 6 nitrogen and oxygen atoms in total. The highest BCUT2D eigenvalue weighted by molar-refractivity contribution is 5.44. The first kappa shape index (κ1) is 19.2. The molecule has 3 heterocycles. The molecule has 0 N–H and O–H groups in total. The van der Waals surface area contributed by atoms with Crippen LogP contribution in [0.3, 0.4) is 0 Å². The molecule has 0 atom stereocenters. The molecule has 0 amide bonds. The third-order valence-corrected chi connectivity index (χ3v) is 6.04. The number of ether oxygens (including phenoxy) is 1. The molecular formula is C22H31N5O. The first-order valence-electron chi connectivity index (χ1n) is 10.4. The third-order valence-electron chi connectivity index (χ3n) is 6.04. The number of aromatic nitrogens is 2. The van der Waals surface area contributed by atoms with Crippen molar-refractivity contribution in [3.63, 3.8) is 0 Å². The fourth-order valence-corrected chi connectivity index (χ4v) is 4.13. The summed E-state index contributed by atoms with van der Waals surface area (Å²) in [5.41, 5.74) is 2.83. The first-order valence-corrected chi connectivity index (χ1v) is 10.4. The molecule has 2 aromatic rings. The minimum absolute atomic E-state index is 0.528. The fourth-order valence-electron chi connectivity index (χ4n) is 4.13. The molecule has 0 unspecified atom stereocenters. The monoisotopic (exact) mass is 381 g/mol. The normalized spacial score (nSPS) is 19.0. The highest BCUT2D eigenvalue weighted by atomic mass is 16.5. The van der Waals surface area contributed by atoms with E-state index >= 15 is 0 Å². The van der Waals surface area contributed by atoms with Gasteiger partial charge in [-0.2, -0.15) is 4.98 Å². The summed E-state index contributed by atoms with van der Waals surface area (Å²) in [5.74, 6) is 1.85. The van der Waals surface area contributed by atoms with Gasteiger partial charge in [0.25, 0.3) is 0 Å². The van der Waals surface area contributed by atoms with Crippen LogP contribution < -0.4 is 9.80 Å². The number of anilines is 2. The standard InChI is InChI=1S/C22H31N5O/c1-18-5-3-4-6-19(18)17-26-11-8-20(9-12-26)25(2)21-7-10-23-22(24-21)27-13-15-28-16-14-27/h3-7,10,20H,8-9,11-17H2,1-2H3. The highest BCUT2D eigenvalue weighted by Gasteiger charge is 2.24. The van der Waals surface area contributed by atoms with E-state index in [1.807, 2.05) is 12.3 Å². The molecule has 2 aliphatic rings. The maximum Gasteiger partial charge on any atom is 0.227 e. The van der Waals surface area contributed by atoms with E-state index in [1.165, 1.54) is 24.0 Å². The Hall–Kier alpha value is -2.18. The summed E-state index contributed by atoms with van der Waals surface area (Å²) < 4.78 is 5.44. The number of morpholine rings is 1. The van der Waals surface area contributed by atoms with Crippen LogP contribution in [0.5, 0.6) is 0 Å². The number of nitrogens with zero attached hydrogens (tertiary/aromatic N) is 5. The van der Waals surface area contributed by atoms with Gasteiger partial charge >= 0.3 is 0 Å². The Bertz CT molecular complexity index is 769. The molecule has 150 valence electrons. The lowest BCUT2D eigenvalue weighted by Gasteiger charge is -2.37. The molecule has 2 fully saturated rings. The molecule has 1 aromatic heterocycles. The average molecular weight is 382 g/mol. The van der Waals surface area contributed by atoms with Crippen molar-refractivity contribution in [1.82, 2.24) is 14.9 Å². The molecule has 2 saturated heterocycles. The van der Waals surface area contributed by atoms with E-state index in [1.54, 1.807) is 0 Å². The minimum Gasteiger partial charge on any atom is -0.378 e. The van der Waals surface area contributed by atoms with Gasteiger partial charge in [0.1, 0.15) is 5.82 Å². The van der Waals surface area contributed by atoms with Gasteiger partial charge in [-0.25, -0.2) is 4.98 Å². The van der Waals surface area contributed by atoms with Crippen LogP contribution >= 0.6 is 0 Å². The van der Waals surface area contributed by atoms with Crippen LogP contribution in [0.2, 0.25) is 0 Å². The topological polar surface area (TPSA) is 44.7 Å². The van der Waals surface area contributed by atoms with E-state index < -0.39 is 0 Å². The maximum atomic E-state index is 5.44. The van der Waals surface area contributed by atoms with E-state index in [-0.39, 0.29) is 0 Å². The summed E-state index contributed by atoms with van der Waals surface area (Å²) in [5, 5.41) is 0. The Morgan fingerprint density at radius 3 is 2.57 bits per heavy atom. The molecular weight excluding hydrogens is 350 g/mol. The van der Waals surface area contributed by atoms with E-state index in [0.29, 0.717) is 6.04 Å². The summed E-state index contributed by atoms with van der Waals surface area (Å²) in [6, 6.07) is 11.3. The van der Waals surface area contributed by atoms with Crippen molar-refractivity contribution in [1.29, 1.82) is 0 Å². The summed E-state index contributed by atoms with van der Waals surface area (Å²) in [6.07, 6.45) is 4.22. The minimum atomic E-state index is 0.528. The van der Waals surface area contributed by atoms with E-state index in [9.17, 15) is 0 Å². The smallest absolute Gasteiger partial charge is 0.227 e. The Morgan fingerprint density at radius 2 is 1.82 bits per heavy atom. The van der Waals surface area contributed by atoms with Gasteiger partial charge in [0.2, 0.25) is 5.95 Å². The number of likely N-dealkylation sites (tertiary alicyclic amines) is 1. The summed E-state index contributed by atoms with van der Waals surface area (Å²) in [4.78, 5) is 16.5. The van der Waals surface area contributed by atoms with Gasteiger partial charge in [0.15, 0.2) is 0 Å². The maximum absolute atomic E-state index is 5.44. The van der Waals surface area contributed by atoms with Gasteiger partial charge in [-0.15, -0.1) is 0 Å². The van der Waals surface area contributed by atoms with Crippen molar-refractivity contribution in [2.24, 2.45) is 0 Å². The van der Waals surface area contributed by atoms with Gasteiger partial charge in [0.05, 0.1) is 13.2 Å². The zero-order valence-electron chi connectivity index (χ0n) is 17.0. The molecule has 6 heteroatoms. The Morgan fingerprint density at radius 1 is 1.07 bits per heavy atom. The molecule has 0 spiro atoms. The second-order valence-corrected chi connectivity index (χ2v) is 7.86. The molecule has 0 saturated carbocycles. The number of benzene rings is 1. The van der Waals surface area contributed by atoms with Crippen molar-refractivity contribution in [3.8, 4) is 0 Å². The molecule has 0 aliphatic carbocycles. The molecule has 0 bridgehead atoms. The van der Waals surface area contributed by atoms with Crippen molar-refractivity contribution < 1.29 is 4.74 Å². The van der Waals surface area contributed by atoms with Gasteiger partial charge in [-0.05, 0) is 37.0 Å². The van der Waals surface area contributed by atoms with Crippen LogP contribution in [-0.4, -0.2) is 67.4 Å². The van der Waals surface area contributed by atoms with E-state index in [4.69, 9.17) is 9.72 Å². The van der Waals surface area contributed by atoms with Crippen LogP contribution in [0.1, 0.15) is 24.0 Å². The number of rotatable bonds is 5. The Balaban J connectivity index is 1.35. The second-order valence-electron chi connectivity index (χ2n) is 7.86. The van der Waals surface area contributed by atoms with Crippen LogP contribution in [0.25, 0.3) is 0 Å². The lowest BCUT2D eigenvalue weighted by atomic mass is 10.0. The molecule has 1 aromatic carbocycles. The van der Waals surface area contributed by atoms with Gasteiger partial charge < -0.3 is 14.5 Å². The SMILES string of the molecule is Cc1ccccc1CN1CCC(N(C)c2ccnc(N3CCOCC3)n2)CC1. The lowest BCUT2D eigenvalue weighted by molar-refractivity contribution is 0.122. The Labute approximate surface area is 168 Å². The second kappa shape index (κ2) is 8.88. The molecule has 28 heavy (non-hydrogen) atoms. The molecule has 4 rings (SSSR count). The van der Waals surface area contributed by atoms with Crippen molar-refractivity contribution in [3.05, 3.63) is 47.7 Å². The van der Waals surface area contributed by atoms with Crippen LogP contribution in [0.4, 0.5) is 11.8 Å². The predicted molar refractivity (Wildman–Crippen MR) is 113 cm³/mol. The first-order chi connectivity index (χ1) is 13.7. The zero-order valence-corrected chi connectivity index (χ0v) is 17.0. The van der Waals surface area contributed by atoms with Crippen LogP contribution in [-0.2, 0) is 11.3 Å². The number of hydrogen-bond acceptors (Lipinski definition) is 6.